The molecule has 110 valence electrons. The second-order valence-electron chi connectivity index (χ2n) is 5.02. The lowest BCUT2D eigenvalue weighted by Gasteiger charge is -2.35. The summed E-state index contributed by atoms with van der Waals surface area (Å²) in [6.45, 7) is 4.09. The highest BCUT2D eigenvalue weighted by atomic mass is 16.2. The van der Waals surface area contributed by atoms with Gasteiger partial charge in [0.1, 0.15) is 6.04 Å². The molecule has 3 N–H and O–H groups in total. The molecular formula is C13H21N5O2. The Kier molecular flexibility index (Phi) is 3.96. The molecule has 1 saturated heterocycles. The smallest absolute Gasteiger partial charge is 0.249 e. The highest BCUT2D eigenvalue weighted by molar-refractivity contribution is 6.05. The Balaban J connectivity index is 2.42. The number of piperazine rings is 1. The van der Waals surface area contributed by atoms with Crippen LogP contribution >= 0.6 is 0 Å². The number of rotatable bonds is 4. The average molecular weight is 279 g/mol. The molecule has 0 aromatic carbocycles. The molecule has 1 atom stereocenters. The molecule has 1 aliphatic heterocycles. The Morgan fingerprint density at radius 3 is 2.70 bits per heavy atom. The van der Waals surface area contributed by atoms with Crippen molar-refractivity contribution in [3.8, 4) is 0 Å². The molecule has 1 aromatic heterocycles. The minimum Gasteiger partial charge on any atom is -0.394 e. The van der Waals surface area contributed by atoms with Crippen molar-refractivity contribution in [1.29, 1.82) is 0 Å². The number of hydrogen-bond acceptors (Lipinski definition) is 5. The van der Waals surface area contributed by atoms with E-state index in [9.17, 15) is 9.59 Å². The molecule has 1 unspecified atom stereocenters. The van der Waals surface area contributed by atoms with Gasteiger partial charge in [-0.3, -0.25) is 19.6 Å². The van der Waals surface area contributed by atoms with Crippen LogP contribution in [0, 0.1) is 0 Å². The van der Waals surface area contributed by atoms with E-state index >= 15 is 0 Å². The number of nitrogens with one attached hydrogen (secondary N) is 1. The number of amides is 2. The summed E-state index contributed by atoms with van der Waals surface area (Å²) in [6.07, 6.45) is 2.33. The van der Waals surface area contributed by atoms with Gasteiger partial charge in [0.05, 0.1) is 17.9 Å². The summed E-state index contributed by atoms with van der Waals surface area (Å²) in [5, 5.41) is 6.76. The van der Waals surface area contributed by atoms with E-state index in [-0.39, 0.29) is 24.4 Å². The third-order valence-corrected chi connectivity index (χ3v) is 3.53. The molecule has 1 aromatic rings. The summed E-state index contributed by atoms with van der Waals surface area (Å²) in [6, 6.07) is -0.389. The van der Waals surface area contributed by atoms with Crippen LogP contribution in [-0.4, -0.2) is 34.2 Å². The number of imide groups is 1. The summed E-state index contributed by atoms with van der Waals surface area (Å²) in [5.74, 6) is 0.0715. The van der Waals surface area contributed by atoms with Crippen LogP contribution in [0.1, 0.15) is 32.4 Å². The number of nitrogen functional groups attached to an aromatic ring is 1. The Labute approximate surface area is 118 Å². The predicted molar refractivity (Wildman–Crippen MR) is 76.2 cm³/mol. The molecule has 0 saturated carbocycles. The maximum absolute atomic E-state index is 11.9. The van der Waals surface area contributed by atoms with E-state index in [1.807, 2.05) is 6.92 Å². The number of anilines is 2. The Morgan fingerprint density at radius 2 is 2.10 bits per heavy atom. The first-order valence-electron chi connectivity index (χ1n) is 6.91. The number of nitrogens with two attached hydrogens (primary N) is 1. The molecule has 1 aliphatic rings. The van der Waals surface area contributed by atoms with Crippen molar-refractivity contribution in [2.75, 3.05) is 17.2 Å². The number of carbonyl (C=O) groups excluding carboxylic acids is 2. The third-order valence-electron chi connectivity index (χ3n) is 3.53. The van der Waals surface area contributed by atoms with E-state index in [2.05, 4.69) is 17.3 Å². The summed E-state index contributed by atoms with van der Waals surface area (Å²) >= 11 is 0. The van der Waals surface area contributed by atoms with Gasteiger partial charge in [-0.15, -0.1) is 0 Å². The minimum absolute atomic E-state index is 0.125. The van der Waals surface area contributed by atoms with Crippen molar-refractivity contribution in [3.05, 3.63) is 5.69 Å². The second-order valence-corrected chi connectivity index (χ2v) is 5.02. The maximum Gasteiger partial charge on any atom is 0.249 e. The van der Waals surface area contributed by atoms with Crippen molar-refractivity contribution in [2.24, 2.45) is 7.05 Å². The SMILES string of the molecule is CCCc1nn(C)c(N2CC(=O)NC(=O)C2CC)c1N. The lowest BCUT2D eigenvalue weighted by atomic mass is 10.1. The minimum atomic E-state index is -0.389. The van der Waals surface area contributed by atoms with Crippen LogP contribution in [0.2, 0.25) is 0 Å². The van der Waals surface area contributed by atoms with Gasteiger partial charge in [-0.2, -0.15) is 5.10 Å². The first kappa shape index (κ1) is 14.4. The van der Waals surface area contributed by atoms with Crippen molar-refractivity contribution in [3.63, 3.8) is 0 Å². The molecule has 7 heteroatoms. The number of hydrogen-bond donors (Lipinski definition) is 2. The number of nitrogens with zero attached hydrogens (tertiary/aromatic N) is 3. The van der Waals surface area contributed by atoms with Crippen LogP contribution in [0.3, 0.4) is 0 Å². The van der Waals surface area contributed by atoms with Crippen molar-refractivity contribution >= 4 is 23.3 Å². The van der Waals surface area contributed by atoms with Gasteiger partial charge in [0.15, 0.2) is 5.82 Å². The van der Waals surface area contributed by atoms with E-state index in [1.165, 1.54) is 0 Å². The Bertz CT molecular complexity index is 537. The first-order chi connectivity index (χ1) is 9.49. The van der Waals surface area contributed by atoms with E-state index in [0.717, 1.165) is 18.5 Å². The lowest BCUT2D eigenvalue weighted by molar-refractivity contribution is -0.132. The number of aromatic nitrogens is 2. The standard InChI is InChI=1S/C13H21N5O2/c1-4-6-8-11(14)13(17(3)16-8)18-7-10(19)15-12(20)9(18)5-2/h9H,4-7,14H2,1-3H3,(H,15,19,20). The fourth-order valence-electron chi connectivity index (χ4n) is 2.64. The van der Waals surface area contributed by atoms with E-state index in [0.29, 0.717) is 17.9 Å². The second kappa shape index (κ2) is 5.52. The molecule has 2 amide bonds. The van der Waals surface area contributed by atoms with Gasteiger partial charge in [0.25, 0.3) is 0 Å². The number of aryl methyl sites for hydroxylation is 2. The predicted octanol–water partition coefficient (Wildman–Crippen LogP) is 0.196. The van der Waals surface area contributed by atoms with Crippen LogP contribution in [0.25, 0.3) is 0 Å². The van der Waals surface area contributed by atoms with Gasteiger partial charge in [0, 0.05) is 7.05 Å². The molecule has 0 bridgehead atoms. The fourth-order valence-corrected chi connectivity index (χ4v) is 2.64. The largest absolute Gasteiger partial charge is 0.394 e. The zero-order chi connectivity index (χ0) is 14.9. The van der Waals surface area contributed by atoms with Gasteiger partial charge in [-0.1, -0.05) is 20.3 Å². The Hall–Kier alpha value is -2.05. The highest BCUT2D eigenvalue weighted by Gasteiger charge is 2.35. The first-order valence-corrected chi connectivity index (χ1v) is 6.91. The molecule has 0 spiro atoms. The average Bonchev–Trinajstić information content (AvgIpc) is 2.64. The normalized spacial score (nSPS) is 19.4. The van der Waals surface area contributed by atoms with Crippen LogP contribution in [-0.2, 0) is 23.1 Å². The summed E-state index contributed by atoms with van der Waals surface area (Å²) in [7, 11) is 1.79. The molecule has 0 aliphatic carbocycles. The maximum atomic E-state index is 11.9. The molecule has 2 heterocycles. The quantitative estimate of drug-likeness (QED) is 0.768. The zero-order valence-corrected chi connectivity index (χ0v) is 12.1. The molecule has 20 heavy (non-hydrogen) atoms. The van der Waals surface area contributed by atoms with Crippen LogP contribution in [0.15, 0.2) is 0 Å². The lowest BCUT2D eigenvalue weighted by Crippen LogP contribution is -2.58. The van der Waals surface area contributed by atoms with Crippen molar-refractivity contribution in [2.45, 2.75) is 39.2 Å². The number of carbonyl (C=O) groups is 2. The van der Waals surface area contributed by atoms with Crippen molar-refractivity contribution in [1.82, 2.24) is 15.1 Å². The summed E-state index contributed by atoms with van der Waals surface area (Å²) in [4.78, 5) is 25.3. The van der Waals surface area contributed by atoms with Crippen LogP contribution in [0.5, 0.6) is 0 Å². The molecule has 0 radical (unpaired) electrons. The highest BCUT2D eigenvalue weighted by Crippen LogP contribution is 2.30. The van der Waals surface area contributed by atoms with Crippen molar-refractivity contribution < 1.29 is 9.59 Å². The van der Waals surface area contributed by atoms with Gasteiger partial charge >= 0.3 is 0 Å². The molecule has 2 rings (SSSR count). The molecule has 1 fully saturated rings. The monoisotopic (exact) mass is 279 g/mol. The van der Waals surface area contributed by atoms with Crippen LogP contribution in [0.4, 0.5) is 11.5 Å². The summed E-state index contributed by atoms with van der Waals surface area (Å²) < 4.78 is 1.66. The third kappa shape index (κ3) is 2.35. The summed E-state index contributed by atoms with van der Waals surface area (Å²) in [5.41, 5.74) is 7.54. The van der Waals surface area contributed by atoms with Gasteiger partial charge < -0.3 is 10.6 Å². The van der Waals surface area contributed by atoms with Gasteiger partial charge in [-0.05, 0) is 12.8 Å². The van der Waals surface area contributed by atoms with E-state index in [1.54, 1.807) is 16.6 Å². The van der Waals surface area contributed by atoms with Crippen LogP contribution < -0.4 is 16.0 Å². The Morgan fingerprint density at radius 1 is 1.40 bits per heavy atom. The molecular weight excluding hydrogens is 258 g/mol. The molecule has 7 nitrogen and oxygen atoms in total. The van der Waals surface area contributed by atoms with Gasteiger partial charge in [-0.25, -0.2) is 0 Å². The topological polar surface area (TPSA) is 93.2 Å². The fraction of sp³-hybridized carbons (Fsp3) is 0.615. The van der Waals surface area contributed by atoms with E-state index in [4.69, 9.17) is 5.73 Å². The zero-order valence-electron chi connectivity index (χ0n) is 12.1. The van der Waals surface area contributed by atoms with E-state index < -0.39 is 0 Å². The van der Waals surface area contributed by atoms with Gasteiger partial charge in [0.2, 0.25) is 11.8 Å².